The van der Waals surface area contributed by atoms with E-state index in [1.54, 1.807) is 11.3 Å². The van der Waals surface area contributed by atoms with Crippen LogP contribution in [-0.4, -0.2) is 11.1 Å². The third-order valence-corrected chi connectivity index (χ3v) is 4.19. The molecule has 0 atom stereocenters. The number of aryl methyl sites for hydroxylation is 2. The van der Waals surface area contributed by atoms with Crippen LogP contribution >= 0.6 is 0 Å². The monoisotopic (exact) mass is 242 g/mol. The summed E-state index contributed by atoms with van der Waals surface area (Å²) in [6.45, 7) is 4.17. The summed E-state index contributed by atoms with van der Waals surface area (Å²) in [5, 5.41) is 4.94. The SMILES string of the molecule is CCNCc1cccc2c3c(n(C)c12)CCCC3. The Bertz CT molecular complexity index is 566. The van der Waals surface area contributed by atoms with Gasteiger partial charge in [-0.1, -0.05) is 25.1 Å². The summed E-state index contributed by atoms with van der Waals surface area (Å²) in [6, 6.07) is 6.77. The Balaban J connectivity index is 2.18. The molecule has 0 amide bonds. The maximum atomic E-state index is 3.45. The quantitative estimate of drug-likeness (QED) is 0.875. The lowest BCUT2D eigenvalue weighted by molar-refractivity contribution is 0.652. The maximum absolute atomic E-state index is 3.45. The fraction of sp³-hybridized carbons (Fsp3) is 0.500. The summed E-state index contributed by atoms with van der Waals surface area (Å²) in [5.74, 6) is 0. The molecule has 1 heterocycles. The minimum Gasteiger partial charge on any atom is -0.347 e. The number of para-hydroxylation sites is 1. The predicted octanol–water partition coefficient (Wildman–Crippen LogP) is 3.17. The average molecular weight is 242 g/mol. The van der Waals surface area contributed by atoms with E-state index in [2.05, 4.69) is 42.1 Å². The van der Waals surface area contributed by atoms with E-state index in [0.29, 0.717) is 0 Å². The molecule has 2 nitrogen and oxygen atoms in total. The van der Waals surface area contributed by atoms with Gasteiger partial charge in [-0.25, -0.2) is 0 Å². The van der Waals surface area contributed by atoms with Gasteiger partial charge in [0.2, 0.25) is 0 Å². The minimum atomic E-state index is 0.977. The van der Waals surface area contributed by atoms with E-state index in [1.807, 2.05) is 0 Å². The van der Waals surface area contributed by atoms with E-state index in [4.69, 9.17) is 0 Å². The van der Waals surface area contributed by atoms with Crippen molar-refractivity contribution >= 4 is 10.9 Å². The van der Waals surface area contributed by atoms with Gasteiger partial charge in [0, 0.05) is 24.7 Å². The summed E-state index contributed by atoms with van der Waals surface area (Å²) in [4.78, 5) is 0. The van der Waals surface area contributed by atoms with E-state index in [1.165, 1.54) is 42.1 Å². The molecular formula is C16H22N2. The van der Waals surface area contributed by atoms with Gasteiger partial charge in [0.15, 0.2) is 0 Å². The molecule has 0 saturated heterocycles. The Morgan fingerprint density at radius 3 is 2.89 bits per heavy atom. The molecule has 3 rings (SSSR count). The van der Waals surface area contributed by atoms with E-state index in [9.17, 15) is 0 Å². The summed E-state index contributed by atoms with van der Waals surface area (Å²) >= 11 is 0. The number of rotatable bonds is 3. The first-order valence-corrected chi connectivity index (χ1v) is 7.11. The van der Waals surface area contributed by atoms with Crippen LogP contribution in [-0.2, 0) is 26.4 Å². The van der Waals surface area contributed by atoms with Crippen LogP contribution in [0.3, 0.4) is 0 Å². The highest BCUT2D eigenvalue weighted by molar-refractivity contribution is 5.88. The summed E-state index contributed by atoms with van der Waals surface area (Å²) in [5.41, 5.74) is 6.06. The molecule has 96 valence electrons. The van der Waals surface area contributed by atoms with Crippen LogP contribution in [0.5, 0.6) is 0 Å². The fourth-order valence-corrected chi connectivity index (χ4v) is 3.32. The Hall–Kier alpha value is -1.28. The molecular weight excluding hydrogens is 220 g/mol. The number of fused-ring (bicyclic) bond motifs is 3. The zero-order valence-electron chi connectivity index (χ0n) is 11.4. The van der Waals surface area contributed by atoms with Gasteiger partial charge in [-0.05, 0) is 43.4 Å². The van der Waals surface area contributed by atoms with Crippen LogP contribution in [0.15, 0.2) is 18.2 Å². The van der Waals surface area contributed by atoms with Crippen molar-refractivity contribution in [2.24, 2.45) is 7.05 Å². The first kappa shape index (κ1) is 11.8. The molecule has 2 aromatic rings. The van der Waals surface area contributed by atoms with Gasteiger partial charge in [-0.2, -0.15) is 0 Å². The van der Waals surface area contributed by atoms with Crippen molar-refractivity contribution in [2.45, 2.75) is 39.2 Å². The van der Waals surface area contributed by atoms with Gasteiger partial charge in [0.25, 0.3) is 0 Å². The van der Waals surface area contributed by atoms with Crippen molar-refractivity contribution in [3.63, 3.8) is 0 Å². The van der Waals surface area contributed by atoms with Crippen LogP contribution in [0.2, 0.25) is 0 Å². The van der Waals surface area contributed by atoms with Gasteiger partial charge < -0.3 is 9.88 Å². The molecule has 0 aliphatic heterocycles. The summed E-state index contributed by atoms with van der Waals surface area (Å²) in [6.07, 6.45) is 5.21. The van der Waals surface area contributed by atoms with Crippen molar-refractivity contribution in [3.05, 3.63) is 35.0 Å². The summed E-state index contributed by atoms with van der Waals surface area (Å²) < 4.78 is 2.44. The number of nitrogens with zero attached hydrogens (tertiary/aromatic N) is 1. The minimum absolute atomic E-state index is 0.977. The second kappa shape index (κ2) is 4.77. The van der Waals surface area contributed by atoms with Crippen LogP contribution in [0.25, 0.3) is 10.9 Å². The first-order chi connectivity index (χ1) is 8.83. The number of nitrogens with one attached hydrogen (secondary N) is 1. The highest BCUT2D eigenvalue weighted by Crippen LogP contribution is 2.32. The second-order valence-electron chi connectivity index (χ2n) is 5.29. The van der Waals surface area contributed by atoms with Gasteiger partial charge in [-0.15, -0.1) is 0 Å². The molecule has 0 bridgehead atoms. The maximum Gasteiger partial charge on any atom is 0.0528 e. The van der Waals surface area contributed by atoms with Gasteiger partial charge in [0.05, 0.1) is 5.52 Å². The highest BCUT2D eigenvalue weighted by atomic mass is 15.0. The van der Waals surface area contributed by atoms with Gasteiger partial charge >= 0.3 is 0 Å². The third kappa shape index (κ3) is 1.76. The van der Waals surface area contributed by atoms with Crippen molar-refractivity contribution in [3.8, 4) is 0 Å². The topological polar surface area (TPSA) is 17.0 Å². The summed E-state index contributed by atoms with van der Waals surface area (Å²) in [7, 11) is 2.24. The first-order valence-electron chi connectivity index (χ1n) is 7.11. The molecule has 0 unspecified atom stereocenters. The average Bonchev–Trinajstić information content (AvgIpc) is 2.72. The fourth-order valence-electron chi connectivity index (χ4n) is 3.32. The van der Waals surface area contributed by atoms with E-state index >= 15 is 0 Å². The molecule has 1 N–H and O–H groups in total. The molecule has 1 aromatic carbocycles. The number of hydrogen-bond donors (Lipinski definition) is 1. The predicted molar refractivity (Wildman–Crippen MR) is 76.9 cm³/mol. The van der Waals surface area contributed by atoms with Crippen molar-refractivity contribution in [1.29, 1.82) is 0 Å². The lowest BCUT2D eigenvalue weighted by atomic mass is 9.95. The molecule has 0 saturated carbocycles. The molecule has 0 spiro atoms. The molecule has 0 fully saturated rings. The van der Waals surface area contributed by atoms with E-state index in [0.717, 1.165) is 13.1 Å². The Morgan fingerprint density at radius 2 is 2.06 bits per heavy atom. The van der Waals surface area contributed by atoms with Crippen LogP contribution in [0, 0.1) is 0 Å². The number of benzene rings is 1. The van der Waals surface area contributed by atoms with E-state index < -0.39 is 0 Å². The largest absolute Gasteiger partial charge is 0.347 e. The van der Waals surface area contributed by atoms with Gasteiger partial charge in [0.1, 0.15) is 0 Å². The molecule has 1 aromatic heterocycles. The van der Waals surface area contributed by atoms with Crippen molar-refractivity contribution < 1.29 is 0 Å². The van der Waals surface area contributed by atoms with E-state index in [-0.39, 0.29) is 0 Å². The van der Waals surface area contributed by atoms with Crippen LogP contribution < -0.4 is 5.32 Å². The molecule has 0 radical (unpaired) electrons. The van der Waals surface area contributed by atoms with Crippen LogP contribution in [0.4, 0.5) is 0 Å². The lowest BCUT2D eigenvalue weighted by Crippen LogP contribution is -2.12. The standard InChI is InChI=1S/C16H22N2/c1-3-17-11-12-7-6-9-14-13-8-4-5-10-15(13)18(2)16(12)14/h6-7,9,17H,3-5,8,10-11H2,1-2H3. The Labute approximate surface area is 109 Å². The van der Waals surface area contributed by atoms with Crippen molar-refractivity contribution in [1.82, 2.24) is 9.88 Å². The van der Waals surface area contributed by atoms with Crippen molar-refractivity contribution in [2.75, 3.05) is 6.54 Å². The normalized spacial score (nSPS) is 15.0. The number of hydrogen-bond acceptors (Lipinski definition) is 1. The smallest absolute Gasteiger partial charge is 0.0528 e. The van der Waals surface area contributed by atoms with Crippen LogP contribution in [0.1, 0.15) is 36.6 Å². The zero-order chi connectivity index (χ0) is 12.5. The Morgan fingerprint density at radius 1 is 1.22 bits per heavy atom. The molecule has 1 aliphatic carbocycles. The molecule has 18 heavy (non-hydrogen) atoms. The third-order valence-electron chi connectivity index (χ3n) is 4.19. The molecule has 2 heteroatoms. The number of aromatic nitrogens is 1. The molecule has 1 aliphatic rings. The second-order valence-corrected chi connectivity index (χ2v) is 5.29. The van der Waals surface area contributed by atoms with Gasteiger partial charge in [-0.3, -0.25) is 0 Å². The highest BCUT2D eigenvalue weighted by Gasteiger charge is 2.19. The lowest BCUT2D eigenvalue weighted by Gasteiger charge is -2.13. The zero-order valence-corrected chi connectivity index (χ0v) is 11.4. The Kier molecular flexibility index (Phi) is 3.13.